The van der Waals surface area contributed by atoms with Gasteiger partial charge in [-0.2, -0.15) is 0 Å². The Kier molecular flexibility index (Phi) is 5.47. The van der Waals surface area contributed by atoms with Gasteiger partial charge in [-0.3, -0.25) is 14.4 Å². The smallest absolute Gasteiger partial charge is 0.254 e. The van der Waals surface area contributed by atoms with Crippen molar-refractivity contribution < 1.29 is 18.8 Å². The Morgan fingerprint density at radius 2 is 1.90 bits per heavy atom. The molecule has 0 saturated carbocycles. The average Bonchev–Trinajstić information content (AvgIpc) is 2.74. The quantitative estimate of drug-likeness (QED) is 0.813. The molecule has 0 aromatic heterocycles. The van der Waals surface area contributed by atoms with E-state index in [1.165, 1.54) is 11.0 Å². The summed E-state index contributed by atoms with van der Waals surface area (Å²) in [5.41, 5.74) is 1.58. The van der Waals surface area contributed by atoms with Gasteiger partial charge < -0.3 is 15.1 Å². The number of hydrogen-bond acceptors (Lipinski definition) is 3. The number of nitrogens with one attached hydrogen (secondary N) is 1. The lowest BCUT2D eigenvalue weighted by molar-refractivity contribution is -0.152. The van der Waals surface area contributed by atoms with Gasteiger partial charge in [-0.25, -0.2) is 4.39 Å². The Bertz CT molecular complexity index is 1010. The molecule has 2 aromatic carbocycles. The second kappa shape index (κ2) is 8.07. The maximum atomic E-state index is 13.8. The second-order valence-corrected chi connectivity index (χ2v) is 8.09. The van der Waals surface area contributed by atoms with Crippen LogP contribution >= 0.6 is 11.6 Å². The van der Waals surface area contributed by atoms with Crippen molar-refractivity contribution in [2.75, 3.05) is 19.6 Å². The fraction of sp³-hybridized carbons (Fsp3) is 0.318. The molecule has 2 atom stereocenters. The molecule has 3 amide bonds. The summed E-state index contributed by atoms with van der Waals surface area (Å²) >= 11 is 5.90. The van der Waals surface area contributed by atoms with Gasteiger partial charge in [-0.15, -0.1) is 0 Å². The topological polar surface area (TPSA) is 69.7 Å². The van der Waals surface area contributed by atoms with Crippen LogP contribution in [0.4, 0.5) is 4.39 Å². The van der Waals surface area contributed by atoms with Crippen molar-refractivity contribution in [3.05, 3.63) is 70.0 Å². The van der Waals surface area contributed by atoms with Crippen LogP contribution in [0.15, 0.2) is 42.5 Å². The SMILES string of the molecule is Cc1ccc(C(=O)N2CCN3C(=O)[C@H](Cc4ccc(Cl)cc4)NC(=O)[C@H]3C2)cc1F. The normalized spacial score (nSPS) is 21.3. The third-order valence-electron chi connectivity index (χ3n) is 5.64. The first kappa shape index (κ1) is 20.3. The molecule has 0 aliphatic carbocycles. The zero-order valence-corrected chi connectivity index (χ0v) is 17.2. The number of hydrogen-bond donors (Lipinski definition) is 1. The molecule has 2 fully saturated rings. The monoisotopic (exact) mass is 429 g/mol. The zero-order chi connectivity index (χ0) is 21.4. The molecule has 156 valence electrons. The number of carbonyl (C=O) groups is 3. The molecule has 0 radical (unpaired) electrons. The highest BCUT2D eigenvalue weighted by atomic mass is 35.5. The minimum atomic E-state index is -0.744. The molecule has 0 unspecified atom stereocenters. The number of fused-ring (bicyclic) bond motifs is 1. The first-order chi connectivity index (χ1) is 14.3. The third-order valence-corrected chi connectivity index (χ3v) is 5.89. The highest BCUT2D eigenvalue weighted by molar-refractivity contribution is 6.30. The highest BCUT2D eigenvalue weighted by Gasteiger charge is 2.44. The van der Waals surface area contributed by atoms with Crippen LogP contribution in [0, 0.1) is 12.7 Å². The highest BCUT2D eigenvalue weighted by Crippen LogP contribution is 2.21. The van der Waals surface area contributed by atoms with E-state index in [0.717, 1.165) is 5.56 Å². The van der Waals surface area contributed by atoms with Crippen molar-refractivity contribution >= 4 is 29.3 Å². The van der Waals surface area contributed by atoms with Crippen LogP contribution in [0.3, 0.4) is 0 Å². The molecule has 6 nitrogen and oxygen atoms in total. The molecular formula is C22H21ClFN3O3. The Balaban J connectivity index is 1.46. The predicted molar refractivity (Wildman–Crippen MR) is 110 cm³/mol. The van der Waals surface area contributed by atoms with Crippen LogP contribution in [0.5, 0.6) is 0 Å². The minimum Gasteiger partial charge on any atom is -0.342 e. The van der Waals surface area contributed by atoms with E-state index in [9.17, 15) is 18.8 Å². The maximum Gasteiger partial charge on any atom is 0.254 e. The summed E-state index contributed by atoms with van der Waals surface area (Å²) in [6, 6.07) is 10.1. The number of amides is 3. The Hall–Kier alpha value is -2.93. The maximum absolute atomic E-state index is 13.8. The Labute approximate surface area is 178 Å². The van der Waals surface area contributed by atoms with Gasteiger partial charge >= 0.3 is 0 Å². The summed E-state index contributed by atoms with van der Waals surface area (Å²) in [6.45, 7) is 2.26. The Morgan fingerprint density at radius 1 is 1.17 bits per heavy atom. The predicted octanol–water partition coefficient (Wildman–Crippen LogP) is 2.18. The van der Waals surface area contributed by atoms with Gasteiger partial charge in [0.25, 0.3) is 5.91 Å². The summed E-state index contributed by atoms with van der Waals surface area (Å²) in [5.74, 6) is -1.25. The van der Waals surface area contributed by atoms with Crippen molar-refractivity contribution in [1.82, 2.24) is 15.1 Å². The molecule has 2 aliphatic rings. The van der Waals surface area contributed by atoms with Crippen molar-refractivity contribution in [3.63, 3.8) is 0 Å². The van der Waals surface area contributed by atoms with Crippen LogP contribution in [0.1, 0.15) is 21.5 Å². The fourth-order valence-electron chi connectivity index (χ4n) is 3.89. The van der Waals surface area contributed by atoms with E-state index in [4.69, 9.17) is 11.6 Å². The van der Waals surface area contributed by atoms with Gasteiger partial charge in [-0.05, 0) is 42.3 Å². The van der Waals surface area contributed by atoms with Gasteiger partial charge in [0.2, 0.25) is 11.8 Å². The number of carbonyl (C=O) groups excluding carboxylic acids is 3. The van der Waals surface area contributed by atoms with E-state index in [2.05, 4.69) is 5.32 Å². The van der Waals surface area contributed by atoms with E-state index >= 15 is 0 Å². The number of halogens is 2. The lowest BCUT2D eigenvalue weighted by atomic mass is 9.98. The molecule has 8 heteroatoms. The lowest BCUT2D eigenvalue weighted by Gasteiger charge is -2.45. The van der Waals surface area contributed by atoms with Crippen LogP contribution in [-0.4, -0.2) is 59.2 Å². The van der Waals surface area contributed by atoms with Crippen molar-refractivity contribution in [3.8, 4) is 0 Å². The van der Waals surface area contributed by atoms with Crippen molar-refractivity contribution in [2.24, 2.45) is 0 Å². The average molecular weight is 430 g/mol. The van der Waals surface area contributed by atoms with E-state index < -0.39 is 17.9 Å². The van der Waals surface area contributed by atoms with E-state index in [1.807, 2.05) is 12.1 Å². The van der Waals surface area contributed by atoms with Crippen molar-refractivity contribution in [1.29, 1.82) is 0 Å². The number of rotatable bonds is 3. The lowest BCUT2D eigenvalue weighted by Crippen LogP contribution is -2.70. The van der Waals surface area contributed by atoms with Gasteiger partial charge in [0.15, 0.2) is 0 Å². The second-order valence-electron chi connectivity index (χ2n) is 7.65. The first-order valence-electron chi connectivity index (χ1n) is 9.74. The molecule has 0 bridgehead atoms. The van der Waals surface area contributed by atoms with Crippen LogP contribution in [0.2, 0.25) is 5.02 Å². The number of piperazine rings is 2. The fourth-order valence-corrected chi connectivity index (χ4v) is 4.01. The summed E-state index contributed by atoms with van der Waals surface area (Å²) < 4.78 is 13.8. The molecule has 30 heavy (non-hydrogen) atoms. The molecule has 2 saturated heterocycles. The zero-order valence-electron chi connectivity index (χ0n) is 16.4. The summed E-state index contributed by atoms with van der Waals surface area (Å²) in [6.07, 6.45) is 0.371. The molecule has 4 rings (SSSR count). The van der Waals surface area contributed by atoms with Gasteiger partial charge in [-0.1, -0.05) is 29.8 Å². The van der Waals surface area contributed by atoms with E-state index in [-0.39, 0.29) is 42.9 Å². The van der Waals surface area contributed by atoms with Crippen molar-refractivity contribution in [2.45, 2.75) is 25.4 Å². The van der Waals surface area contributed by atoms with Gasteiger partial charge in [0, 0.05) is 30.1 Å². The molecular weight excluding hydrogens is 409 g/mol. The number of nitrogens with zero attached hydrogens (tertiary/aromatic N) is 2. The molecule has 0 spiro atoms. The first-order valence-corrected chi connectivity index (χ1v) is 10.1. The third kappa shape index (κ3) is 3.89. The summed E-state index contributed by atoms with van der Waals surface area (Å²) in [4.78, 5) is 41.5. The minimum absolute atomic E-state index is 0.0829. The number of benzene rings is 2. The van der Waals surface area contributed by atoms with Crippen LogP contribution < -0.4 is 5.32 Å². The molecule has 2 aromatic rings. The molecule has 2 aliphatic heterocycles. The van der Waals surface area contributed by atoms with Crippen LogP contribution in [0.25, 0.3) is 0 Å². The van der Waals surface area contributed by atoms with Crippen LogP contribution in [-0.2, 0) is 16.0 Å². The van der Waals surface area contributed by atoms with Gasteiger partial charge in [0.1, 0.15) is 17.9 Å². The molecule has 1 N–H and O–H groups in total. The summed E-state index contributed by atoms with van der Waals surface area (Å²) in [5, 5.41) is 3.39. The van der Waals surface area contributed by atoms with E-state index in [1.54, 1.807) is 36.1 Å². The molecule has 2 heterocycles. The standard InChI is InChI=1S/C22H21ClFN3O3/c1-13-2-5-15(11-17(13)24)21(29)26-8-9-27-19(12-26)20(28)25-18(22(27)30)10-14-3-6-16(23)7-4-14/h2-7,11,18-19H,8-10,12H2,1H3,(H,25,28)/t18-,19+/m0/s1. The number of aryl methyl sites for hydroxylation is 1. The van der Waals surface area contributed by atoms with Gasteiger partial charge in [0.05, 0.1) is 6.54 Å². The Morgan fingerprint density at radius 3 is 2.60 bits per heavy atom. The largest absolute Gasteiger partial charge is 0.342 e. The van der Waals surface area contributed by atoms with E-state index in [0.29, 0.717) is 17.0 Å². The summed E-state index contributed by atoms with van der Waals surface area (Å²) in [7, 11) is 0.